The van der Waals surface area contributed by atoms with Crippen LogP contribution in [-0.4, -0.2) is 47.8 Å². The van der Waals surface area contributed by atoms with Gasteiger partial charge in [0.15, 0.2) is 0 Å². The topological polar surface area (TPSA) is 40.6 Å². The molecule has 2 amide bonds. The van der Waals surface area contributed by atoms with Gasteiger partial charge in [-0.2, -0.15) is 0 Å². The molecule has 142 valence electrons. The smallest absolute Gasteiger partial charge is 0.224 e. The van der Waals surface area contributed by atoms with E-state index in [1.807, 2.05) is 4.90 Å². The van der Waals surface area contributed by atoms with Gasteiger partial charge in [-0.05, 0) is 49.7 Å². The Morgan fingerprint density at radius 1 is 1.19 bits per heavy atom. The fourth-order valence-electron chi connectivity index (χ4n) is 3.94. The molecule has 1 atom stereocenters. The quantitative estimate of drug-likeness (QED) is 0.778. The van der Waals surface area contributed by atoms with Gasteiger partial charge in [0.25, 0.3) is 0 Å². The largest absolute Gasteiger partial charge is 0.342 e. The van der Waals surface area contributed by atoms with E-state index in [-0.39, 0.29) is 11.8 Å². The summed E-state index contributed by atoms with van der Waals surface area (Å²) in [6, 6.07) is 3.71. The number of rotatable bonds is 6. The van der Waals surface area contributed by atoms with Crippen LogP contribution in [0.4, 0.5) is 8.78 Å². The van der Waals surface area contributed by atoms with E-state index in [1.54, 1.807) is 4.90 Å². The molecule has 1 unspecified atom stereocenters. The van der Waals surface area contributed by atoms with Crippen molar-refractivity contribution in [2.24, 2.45) is 5.92 Å². The monoisotopic (exact) mass is 364 g/mol. The molecule has 2 aliphatic heterocycles. The van der Waals surface area contributed by atoms with Gasteiger partial charge in [0, 0.05) is 45.1 Å². The minimum Gasteiger partial charge on any atom is -0.342 e. The van der Waals surface area contributed by atoms with Crippen molar-refractivity contribution < 1.29 is 18.4 Å². The molecular weight excluding hydrogens is 338 g/mol. The minimum absolute atomic E-state index is 0.0994. The van der Waals surface area contributed by atoms with Crippen LogP contribution in [0.25, 0.3) is 0 Å². The summed E-state index contributed by atoms with van der Waals surface area (Å²) in [5.41, 5.74) is 0.530. The van der Waals surface area contributed by atoms with Crippen LogP contribution in [-0.2, 0) is 16.0 Å². The number of likely N-dealkylation sites (tertiary alicyclic amines) is 2. The van der Waals surface area contributed by atoms with Gasteiger partial charge in [-0.25, -0.2) is 8.78 Å². The molecule has 6 heteroatoms. The Labute approximate surface area is 153 Å². The van der Waals surface area contributed by atoms with Gasteiger partial charge in [0.05, 0.1) is 0 Å². The maximum atomic E-state index is 13.8. The number of hydrogen-bond donors (Lipinski definition) is 0. The van der Waals surface area contributed by atoms with Crippen LogP contribution in [0, 0.1) is 17.6 Å². The van der Waals surface area contributed by atoms with Gasteiger partial charge < -0.3 is 9.80 Å². The molecule has 1 aromatic carbocycles. The second-order valence-corrected chi connectivity index (χ2v) is 7.36. The van der Waals surface area contributed by atoms with Crippen molar-refractivity contribution in [3.63, 3.8) is 0 Å². The summed E-state index contributed by atoms with van der Waals surface area (Å²) >= 11 is 0. The van der Waals surface area contributed by atoms with Gasteiger partial charge in [0.1, 0.15) is 11.6 Å². The Balaban J connectivity index is 1.45. The Bertz CT molecular complexity index is 665. The van der Waals surface area contributed by atoms with E-state index in [1.165, 1.54) is 12.1 Å². The van der Waals surface area contributed by atoms with Crippen LogP contribution in [0.15, 0.2) is 18.2 Å². The molecule has 2 heterocycles. The van der Waals surface area contributed by atoms with E-state index in [0.717, 1.165) is 44.8 Å². The van der Waals surface area contributed by atoms with Crippen molar-refractivity contribution in [3.05, 3.63) is 35.4 Å². The summed E-state index contributed by atoms with van der Waals surface area (Å²) in [6.07, 6.45) is 5.18. The first-order chi connectivity index (χ1) is 12.5. The number of carbonyl (C=O) groups excluding carboxylic acids is 2. The van der Waals surface area contributed by atoms with E-state index in [0.29, 0.717) is 43.8 Å². The number of piperidine rings is 1. The van der Waals surface area contributed by atoms with Crippen molar-refractivity contribution in [1.82, 2.24) is 9.80 Å². The molecule has 0 aromatic heterocycles. The summed E-state index contributed by atoms with van der Waals surface area (Å²) in [4.78, 5) is 27.7. The zero-order valence-electron chi connectivity index (χ0n) is 15.1. The van der Waals surface area contributed by atoms with E-state index in [2.05, 4.69) is 0 Å². The predicted molar refractivity (Wildman–Crippen MR) is 94.4 cm³/mol. The average molecular weight is 364 g/mol. The molecule has 0 bridgehead atoms. The van der Waals surface area contributed by atoms with Crippen molar-refractivity contribution in [3.8, 4) is 0 Å². The predicted octanol–water partition coefficient (Wildman–Crippen LogP) is 3.15. The van der Waals surface area contributed by atoms with E-state index >= 15 is 0 Å². The lowest BCUT2D eigenvalue weighted by Crippen LogP contribution is -2.41. The summed E-state index contributed by atoms with van der Waals surface area (Å²) in [5.74, 6) is -0.468. The van der Waals surface area contributed by atoms with Gasteiger partial charge in [0.2, 0.25) is 11.8 Å². The van der Waals surface area contributed by atoms with Gasteiger partial charge in [-0.1, -0.05) is 6.07 Å². The molecule has 1 aromatic rings. The Morgan fingerprint density at radius 3 is 2.77 bits per heavy atom. The normalized spacial score (nSPS) is 20.7. The lowest BCUT2D eigenvalue weighted by Gasteiger charge is -2.33. The molecule has 4 nitrogen and oxygen atoms in total. The van der Waals surface area contributed by atoms with Crippen LogP contribution >= 0.6 is 0 Å². The summed E-state index contributed by atoms with van der Waals surface area (Å²) in [5, 5.41) is 0. The summed E-state index contributed by atoms with van der Waals surface area (Å²) < 4.78 is 26.7. The Hall–Kier alpha value is -1.98. The molecular formula is C20H26F2N2O2. The minimum atomic E-state index is -0.558. The lowest BCUT2D eigenvalue weighted by molar-refractivity contribution is -0.134. The van der Waals surface area contributed by atoms with E-state index in [9.17, 15) is 18.4 Å². The van der Waals surface area contributed by atoms with Crippen LogP contribution in [0.5, 0.6) is 0 Å². The third kappa shape index (κ3) is 4.80. The zero-order chi connectivity index (χ0) is 18.5. The number of hydrogen-bond acceptors (Lipinski definition) is 2. The fraction of sp³-hybridized carbons (Fsp3) is 0.600. The van der Waals surface area contributed by atoms with Crippen molar-refractivity contribution in [2.45, 2.75) is 44.9 Å². The highest BCUT2D eigenvalue weighted by molar-refractivity contribution is 5.80. The highest BCUT2D eigenvalue weighted by Crippen LogP contribution is 2.23. The number of nitrogens with zero attached hydrogens (tertiary/aromatic N) is 2. The second-order valence-electron chi connectivity index (χ2n) is 7.36. The zero-order valence-corrected chi connectivity index (χ0v) is 15.1. The Morgan fingerprint density at radius 2 is 2.04 bits per heavy atom. The number of aryl methyl sites for hydroxylation is 1. The summed E-state index contributed by atoms with van der Waals surface area (Å²) in [7, 11) is 0. The second kappa shape index (κ2) is 8.60. The number of halogens is 2. The standard InChI is InChI=1S/C20H26F2N2O2/c21-17-8-7-16(18(22)13-17)6-5-15-3-1-11-24(14-15)20(26)9-12-23-10-2-4-19(23)25/h7-8,13,15H,1-6,9-12,14H2. The maximum Gasteiger partial charge on any atom is 0.224 e. The van der Waals surface area contributed by atoms with Crippen molar-refractivity contribution in [1.29, 1.82) is 0 Å². The van der Waals surface area contributed by atoms with Crippen LogP contribution < -0.4 is 0 Å². The molecule has 26 heavy (non-hydrogen) atoms. The average Bonchev–Trinajstić information content (AvgIpc) is 3.04. The van der Waals surface area contributed by atoms with E-state index < -0.39 is 11.6 Å². The molecule has 0 radical (unpaired) electrons. The third-order valence-corrected chi connectivity index (χ3v) is 5.48. The maximum absolute atomic E-state index is 13.8. The van der Waals surface area contributed by atoms with E-state index in [4.69, 9.17) is 0 Å². The molecule has 0 aliphatic carbocycles. The number of benzene rings is 1. The first-order valence-electron chi connectivity index (χ1n) is 9.52. The lowest BCUT2D eigenvalue weighted by atomic mass is 9.91. The number of carbonyl (C=O) groups is 2. The highest BCUT2D eigenvalue weighted by Gasteiger charge is 2.25. The van der Waals surface area contributed by atoms with Gasteiger partial charge >= 0.3 is 0 Å². The molecule has 2 fully saturated rings. The third-order valence-electron chi connectivity index (χ3n) is 5.48. The first kappa shape index (κ1) is 18.8. The van der Waals surface area contributed by atoms with Gasteiger partial charge in [-0.3, -0.25) is 9.59 Å². The van der Waals surface area contributed by atoms with Crippen LogP contribution in [0.3, 0.4) is 0 Å². The summed E-state index contributed by atoms with van der Waals surface area (Å²) in [6.45, 7) is 2.72. The van der Waals surface area contributed by atoms with Crippen molar-refractivity contribution in [2.75, 3.05) is 26.2 Å². The molecule has 0 spiro atoms. The molecule has 0 N–H and O–H groups in total. The van der Waals surface area contributed by atoms with Crippen LogP contribution in [0.2, 0.25) is 0 Å². The molecule has 2 aliphatic rings. The fourth-order valence-corrected chi connectivity index (χ4v) is 3.94. The van der Waals surface area contributed by atoms with Gasteiger partial charge in [-0.15, -0.1) is 0 Å². The molecule has 3 rings (SSSR count). The van der Waals surface area contributed by atoms with Crippen molar-refractivity contribution >= 4 is 11.8 Å². The number of amides is 2. The first-order valence-corrected chi connectivity index (χ1v) is 9.52. The Kier molecular flexibility index (Phi) is 6.22. The molecule has 2 saturated heterocycles. The van der Waals surface area contributed by atoms with Crippen LogP contribution in [0.1, 0.15) is 44.1 Å². The highest BCUT2D eigenvalue weighted by atomic mass is 19.1. The molecule has 0 saturated carbocycles. The SMILES string of the molecule is O=C1CCCN1CCC(=O)N1CCCC(CCc2ccc(F)cc2F)C1.